The molecule has 0 amide bonds. The highest BCUT2D eigenvalue weighted by Gasteiger charge is 2.66. The van der Waals surface area contributed by atoms with Crippen LogP contribution in [0.15, 0.2) is 36.2 Å². The van der Waals surface area contributed by atoms with Crippen molar-refractivity contribution in [3.8, 4) is 11.3 Å². The van der Waals surface area contributed by atoms with Gasteiger partial charge in [-0.2, -0.15) is 26.3 Å². The molecular weight excluding hydrogens is 469 g/mol. The third-order valence-electron chi connectivity index (χ3n) is 7.01. The molecule has 34 heavy (non-hydrogen) atoms. The molecule has 2 aromatic rings. The Hall–Kier alpha value is -2.85. The number of esters is 1. The van der Waals surface area contributed by atoms with Gasteiger partial charge in [0, 0.05) is 23.4 Å². The Balaban J connectivity index is 1.77. The van der Waals surface area contributed by atoms with E-state index in [1.54, 1.807) is 17.6 Å². The van der Waals surface area contributed by atoms with Gasteiger partial charge in [0.1, 0.15) is 5.82 Å². The maximum atomic E-state index is 14.2. The Kier molecular flexibility index (Phi) is 5.60. The maximum Gasteiger partial charge on any atom is 0.490 e. The van der Waals surface area contributed by atoms with Gasteiger partial charge in [0.05, 0.1) is 17.7 Å². The van der Waals surface area contributed by atoms with Crippen LogP contribution in [0.1, 0.15) is 38.8 Å². The Morgan fingerprint density at radius 1 is 1.15 bits per heavy atom. The Morgan fingerprint density at radius 3 is 2.38 bits per heavy atom. The quantitative estimate of drug-likeness (QED) is 0.374. The lowest BCUT2D eigenvalue weighted by molar-refractivity contribution is -0.305. The zero-order chi connectivity index (χ0) is 25.1. The van der Waals surface area contributed by atoms with Crippen LogP contribution in [0, 0.1) is 17.2 Å². The highest BCUT2D eigenvalue weighted by molar-refractivity contribution is 5.76. The Bertz CT molecular complexity index is 1130. The molecule has 0 spiro atoms. The predicted octanol–water partition coefficient (Wildman–Crippen LogP) is 6.32. The zero-order valence-electron chi connectivity index (χ0n) is 18.2. The monoisotopic (exact) mass is 490 g/mol. The van der Waals surface area contributed by atoms with E-state index < -0.39 is 41.1 Å². The fourth-order valence-electron chi connectivity index (χ4n) is 5.25. The van der Waals surface area contributed by atoms with Crippen molar-refractivity contribution in [3.63, 3.8) is 0 Å². The topological polar surface area (TPSA) is 44.1 Å². The fraction of sp³-hybridized carbons (Fsp3) is 0.478. The summed E-state index contributed by atoms with van der Waals surface area (Å²) in [5, 5.41) is 0. The molecule has 0 bridgehead atoms. The van der Waals surface area contributed by atoms with E-state index in [0.29, 0.717) is 35.9 Å². The number of halogens is 7. The van der Waals surface area contributed by atoms with Gasteiger partial charge in [-0.3, -0.25) is 0 Å². The van der Waals surface area contributed by atoms with Gasteiger partial charge in [-0.1, -0.05) is 12.5 Å². The van der Waals surface area contributed by atoms with E-state index >= 15 is 0 Å². The normalized spacial score (nSPS) is 24.5. The summed E-state index contributed by atoms with van der Waals surface area (Å²) >= 11 is 0. The van der Waals surface area contributed by atoms with Gasteiger partial charge in [0.25, 0.3) is 0 Å². The number of hydrogen-bond acceptors (Lipinski definition) is 3. The maximum absolute atomic E-state index is 14.2. The summed E-state index contributed by atoms with van der Waals surface area (Å²) in [6.07, 6.45) is -7.03. The van der Waals surface area contributed by atoms with E-state index in [4.69, 9.17) is 0 Å². The number of ether oxygens (including phenoxy) is 1. The van der Waals surface area contributed by atoms with Crippen molar-refractivity contribution in [2.24, 2.45) is 11.3 Å². The van der Waals surface area contributed by atoms with Gasteiger partial charge in [0.2, 0.25) is 5.60 Å². The third-order valence-corrected chi connectivity index (χ3v) is 7.01. The first-order chi connectivity index (χ1) is 15.7. The van der Waals surface area contributed by atoms with E-state index in [1.807, 2.05) is 0 Å². The molecule has 1 fully saturated rings. The molecule has 184 valence electrons. The minimum atomic E-state index is -5.56. The van der Waals surface area contributed by atoms with Crippen molar-refractivity contribution >= 4 is 12.0 Å². The molecule has 1 aliphatic heterocycles. The number of aromatic nitrogens is 2. The smallest absolute Gasteiger partial charge is 0.443 e. The van der Waals surface area contributed by atoms with Crippen LogP contribution in [0.3, 0.4) is 0 Å². The summed E-state index contributed by atoms with van der Waals surface area (Å²) in [5.41, 5.74) is -2.26. The molecule has 0 saturated heterocycles. The first-order valence-corrected chi connectivity index (χ1v) is 10.6. The number of carbonyl (C=O) groups is 1. The van der Waals surface area contributed by atoms with Gasteiger partial charge < -0.3 is 9.30 Å². The number of fused-ring (bicyclic) bond motifs is 2. The lowest BCUT2D eigenvalue weighted by Gasteiger charge is -2.52. The van der Waals surface area contributed by atoms with E-state index in [-0.39, 0.29) is 19.4 Å². The molecule has 1 aromatic heterocycles. The summed E-state index contributed by atoms with van der Waals surface area (Å²) in [7, 11) is 0. The first kappa shape index (κ1) is 24.3. The average Bonchev–Trinajstić information content (AvgIpc) is 3.12. The number of benzene rings is 1. The summed E-state index contributed by atoms with van der Waals surface area (Å²) < 4.78 is 100. The van der Waals surface area contributed by atoms with Crippen LogP contribution < -0.4 is 0 Å². The van der Waals surface area contributed by atoms with Gasteiger partial charge in [-0.15, -0.1) is 0 Å². The number of carbonyl (C=O) groups excluding carboxylic acids is 1. The second-order valence-electron chi connectivity index (χ2n) is 9.14. The zero-order valence-corrected chi connectivity index (χ0v) is 18.2. The molecule has 1 aromatic carbocycles. The molecule has 4 rings (SSSR count). The van der Waals surface area contributed by atoms with Crippen molar-refractivity contribution in [2.45, 2.75) is 57.6 Å². The summed E-state index contributed by atoms with van der Waals surface area (Å²) in [6, 6.07) is 5.60. The molecule has 1 saturated carbocycles. The lowest BCUT2D eigenvalue weighted by Crippen LogP contribution is -2.60. The molecule has 2 aliphatic rings. The minimum Gasteiger partial charge on any atom is -0.443 e. The van der Waals surface area contributed by atoms with E-state index in [1.165, 1.54) is 30.6 Å². The van der Waals surface area contributed by atoms with Crippen molar-refractivity contribution in [1.29, 1.82) is 0 Å². The molecule has 2 heterocycles. The molecule has 3 atom stereocenters. The van der Waals surface area contributed by atoms with Crippen molar-refractivity contribution < 1.29 is 40.3 Å². The first-order valence-electron chi connectivity index (χ1n) is 10.6. The van der Waals surface area contributed by atoms with Crippen molar-refractivity contribution in [1.82, 2.24) is 9.55 Å². The van der Waals surface area contributed by atoms with Crippen LogP contribution in [-0.4, -0.2) is 33.5 Å². The number of alkyl halides is 6. The molecular formula is C23H21F7N2O2. The number of nitrogens with zero attached hydrogens (tertiary/aromatic N) is 2. The highest BCUT2D eigenvalue weighted by Crippen LogP contribution is 2.58. The minimum absolute atomic E-state index is 0.00225. The molecule has 0 unspecified atom stereocenters. The molecule has 4 nitrogen and oxygen atoms in total. The summed E-state index contributed by atoms with van der Waals surface area (Å²) in [5.74, 6) is -4.77. The lowest BCUT2D eigenvalue weighted by atomic mass is 9.57. The van der Waals surface area contributed by atoms with Gasteiger partial charge in [-0.05, 0) is 56.5 Å². The van der Waals surface area contributed by atoms with Crippen LogP contribution in [0.5, 0.6) is 0 Å². The van der Waals surface area contributed by atoms with Crippen LogP contribution in [-0.2, 0) is 16.1 Å². The summed E-state index contributed by atoms with van der Waals surface area (Å²) in [6.45, 7) is 2.07. The summed E-state index contributed by atoms with van der Waals surface area (Å²) in [4.78, 5) is 15.9. The molecule has 0 N–H and O–H groups in total. The Labute approximate surface area is 190 Å². The largest absolute Gasteiger partial charge is 0.490 e. The second-order valence-corrected chi connectivity index (χ2v) is 9.14. The van der Waals surface area contributed by atoms with E-state index in [0.717, 1.165) is 0 Å². The number of rotatable bonds is 3. The fourth-order valence-corrected chi connectivity index (χ4v) is 5.25. The third kappa shape index (κ3) is 3.88. The van der Waals surface area contributed by atoms with Crippen LogP contribution >= 0.6 is 0 Å². The van der Waals surface area contributed by atoms with E-state index in [9.17, 15) is 35.5 Å². The van der Waals surface area contributed by atoms with E-state index in [2.05, 4.69) is 9.72 Å². The standard InChI is InChI=1S/C23H21F7N2O2/c1-20-11-32-12-31-18(13-6-8-15(24)9-7-13)16(32)10-14(20)4-3-5-17(20)21(2,23(28,29)30)34-19(33)22(25,26)27/h6-10,12,17H,3-5,11H2,1-2H3/t17-,20-,21-/m0/s1. The Morgan fingerprint density at radius 2 is 1.79 bits per heavy atom. The molecule has 1 aliphatic carbocycles. The number of imidazole rings is 1. The molecule has 11 heteroatoms. The van der Waals surface area contributed by atoms with Gasteiger partial charge in [0.15, 0.2) is 0 Å². The van der Waals surface area contributed by atoms with Crippen molar-refractivity contribution in [3.05, 3.63) is 47.7 Å². The van der Waals surface area contributed by atoms with Crippen LogP contribution in [0.2, 0.25) is 0 Å². The van der Waals surface area contributed by atoms with Gasteiger partial charge >= 0.3 is 18.3 Å². The van der Waals surface area contributed by atoms with Crippen LogP contribution in [0.25, 0.3) is 17.3 Å². The van der Waals surface area contributed by atoms with Crippen molar-refractivity contribution in [2.75, 3.05) is 0 Å². The average molecular weight is 490 g/mol. The highest BCUT2D eigenvalue weighted by atomic mass is 19.4. The predicted molar refractivity (Wildman–Crippen MR) is 108 cm³/mol. The second kappa shape index (κ2) is 7.84. The van der Waals surface area contributed by atoms with Gasteiger partial charge in [-0.25, -0.2) is 14.2 Å². The number of allylic oxidation sites excluding steroid dienone is 1. The molecule has 0 radical (unpaired) electrons. The van der Waals surface area contributed by atoms with Crippen LogP contribution in [0.4, 0.5) is 30.7 Å². The SMILES string of the molecule is C[C@]12Cn3cnc(-c4ccc(F)cc4)c3C=C1CCC[C@@H]2[C@](C)(OC(=O)C(F)(F)F)C(F)(F)F. The number of hydrogen-bond donors (Lipinski definition) is 0.